The molecule has 2 N–H and O–H groups in total. The number of amides is 1. The van der Waals surface area contributed by atoms with Gasteiger partial charge in [0.2, 0.25) is 0 Å². The van der Waals surface area contributed by atoms with E-state index < -0.39 is 5.82 Å². The lowest BCUT2D eigenvalue weighted by molar-refractivity contribution is 0.0781. The topological polar surface area (TPSA) is 49.6 Å². The van der Waals surface area contributed by atoms with Crippen LogP contribution in [0.4, 0.5) is 10.1 Å². The van der Waals surface area contributed by atoms with E-state index in [1.807, 2.05) is 0 Å². The standard InChI is InChI=1S/C14H19BrFN3O/c1-18(6-7-19-4-2-3-5-19)14(20)10-8-13(17)12(16)9-11(10)15/h8-9H,2-7,17H2,1H3. The molecule has 0 atom stereocenters. The molecule has 0 aliphatic carbocycles. The van der Waals surface area contributed by atoms with Crippen LogP contribution in [0, 0.1) is 5.82 Å². The number of hydrogen-bond acceptors (Lipinski definition) is 3. The summed E-state index contributed by atoms with van der Waals surface area (Å²) in [7, 11) is 1.75. The zero-order valence-corrected chi connectivity index (χ0v) is 13.1. The number of carbonyl (C=O) groups is 1. The van der Waals surface area contributed by atoms with E-state index >= 15 is 0 Å². The summed E-state index contributed by atoms with van der Waals surface area (Å²) >= 11 is 3.21. The van der Waals surface area contributed by atoms with Gasteiger partial charge in [0, 0.05) is 24.6 Å². The summed E-state index contributed by atoms with van der Waals surface area (Å²) in [6.45, 7) is 3.74. The molecule has 0 unspecified atom stereocenters. The zero-order valence-electron chi connectivity index (χ0n) is 11.5. The molecule has 1 heterocycles. The first-order valence-electron chi connectivity index (χ1n) is 6.71. The summed E-state index contributed by atoms with van der Waals surface area (Å²) in [4.78, 5) is 16.3. The van der Waals surface area contributed by atoms with E-state index in [0.717, 1.165) is 19.6 Å². The second-order valence-electron chi connectivity index (χ2n) is 5.13. The number of nitrogens with zero attached hydrogens (tertiary/aromatic N) is 2. The van der Waals surface area contributed by atoms with E-state index in [0.29, 0.717) is 16.6 Å². The van der Waals surface area contributed by atoms with E-state index in [2.05, 4.69) is 20.8 Å². The Morgan fingerprint density at radius 1 is 1.45 bits per heavy atom. The van der Waals surface area contributed by atoms with Gasteiger partial charge in [-0.25, -0.2) is 4.39 Å². The van der Waals surface area contributed by atoms with Gasteiger partial charge in [-0.05, 0) is 54.0 Å². The fourth-order valence-corrected chi connectivity index (χ4v) is 2.82. The Bertz CT molecular complexity index is 503. The van der Waals surface area contributed by atoms with Gasteiger partial charge in [0.15, 0.2) is 0 Å². The lowest BCUT2D eigenvalue weighted by atomic mass is 10.1. The second kappa shape index (κ2) is 6.54. The van der Waals surface area contributed by atoms with Gasteiger partial charge in [-0.2, -0.15) is 0 Å². The van der Waals surface area contributed by atoms with Crippen LogP contribution >= 0.6 is 15.9 Å². The molecule has 2 rings (SSSR count). The number of nitrogen functional groups attached to an aromatic ring is 1. The third-order valence-electron chi connectivity index (χ3n) is 3.61. The molecule has 1 aliphatic rings. The van der Waals surface area contributed by atoms with Crippen molar-refractivity contribution in [1.82, 2.24) is 9.80 Å². The quantitative estimate of drug-likeness (QED) is 0.853. The van der Waals surface area contributed by atoms with Crippen molar-refractivity contribution in [3.63, 3.8) is 0 Å². The number of anilines is 1. The molecule has 0 bridgehead atoms. The Hall–Kier alpha value is -1.14. The van der Waals surface area contributed by atoms with E-state index in [9.17, 15) is 9.18 Å². The molecular formula is C14H19BrFN3O. The second-order valence-corrected chi connectivity index (χ2v) is 5.98. The molecule has 1 fully saturated rings. The molecule has 1 aliphatic heterocycles. The number of hydrogen-bond donors (Lipinski definition) is 1. The van der Waals surface area contributed by atoms with E-state index in [-0.39, 0.29) is 11.6 Å². The van der Waals surface area contributed by atoms with Crippen molar-refractivity contribution in [2.24, 2.45) is 0 Å². The largest absolute Gasteiger partial charge is 0.396 e. The minimum absolute atomic E-state index is 0.00973. The third-order valence-corrected chi connectivity index (χ3v) is 4.27. The number of carbonyl (C=O) groups excluding carboxylic acids is 1. The molecule has 0 saturated carbocycles. The molecule has 1 amide bonds. The highest BCUT2D eigenvalue weighted by molar-refractivity contribution is 9.10. The van der Waals surface area contributed by atoms with Gasteiger partial charge in [-0.3, -0.25) is 4.79 Å². The minimum atomic E-state index is -0.520. The van der Waals surface area contributed by atoms with E-state index in [1.54, 1.807) is 11.9 Å². The molecule has 4 nitrogen and oxygen atoms in total. The predicted molar refractivity (Wildman–Crippen MR) is 81.1 cm³/mol. The average Bonchev–Trinajstić information content (AvgIpc) is 2.92. The van der Waals surface area contributed by atoms with Crippen LogP contribution in [0.3, 0.4) is 0 Å². The van der Waals surface area contributed by atoms with Crippen LogP contribution in [0.25, 0.3) is 0 Å². The fraction of sp³-hybridized carbons (Fsp3) is 0.500. The smallest absolute Gasteiger partial charge is 0.254 e. The van der Waals surface area contributed by atoms with Crippen LogP contribution in [0.15, 0.2) is 16.6 Å². The molecule has 20 heavy (non-hydrogen) atoms. The van der Waals surface area contributed by atoms with Gasteiger partial charge in [-0.1, -0.05) is 0 Å². The Kier molecular flexibility index (Phi) is 4.99. The highest BCUT2D eigenvalue weighted by Crippen LogP contribution is 2.24. The number of likely N-dealkylation sites (tertiary alicyclic amines) is 1. The van der Waals surface area contributed by atoms with Gasteiger partial charge >= 0.3 is 0 Å². The normalized spacial score (nSPS) is 15.6. The van der Waals surface area contributed by atoms with Crippen LogP contribution < -0.4 is 5.73 Å². The van der Waals surface area contributed by atoms with Crippen molar-refractivity contribution in [3.05, 3.63) is 28.0 Å². The maximum Gasteiger partial charge on any atom is 0.254 e. The number of rotatable bonds is 4. The van der Waals surface area contributed by atoms with Gasteiger partial charge in [-0.15, -0.1) is 0 Å². The van der Waals surface area contributed by atoms with E-state index in [4.69, 9.17) is 5.73 Å². The molecular weight excluding hydrogens is 325 g/mol. The summed E-state index contributed by atoms with van der Waals surface area (Å²) in [5, 5.41) is 0. The summed E-state index contributed by atoms with van der Waals surface area (Å²) in [6, 6.07) is 2.62. The summed E-state index contributed by atoms with van der Waals surface area (Å²) in [5.74, 6) is -0.670. The number of halogens is 2. The Morgan fingerprint density at radius 3 is 2.75 bits per heavy atom. The molecule has 1 saturated heterocycles. The third kappa shape index (κ3) is 3.49. The highest BCUT2D eigenvalue weighted by atomic mass is 79.9. The van der Waals surface area contributed by atoms with Crippen molar-refractivity contribution in [2.75, 3.05) is 39.0 Å². The number of benzene rings is 1. The maximum atomic E-state index is 13.3. The first-order valence-corrected chi connectivity index (χ1v) is 7.50. The van der Waals surface area contributed by atoms with Gasteiger partial charge in [0.05, 0.1) is 11.3 Å². The Labute approximate surface area is 126 Å². The van der Waals surface area contributed by atoms with Crippen molar-refractivity contribution < 1.29 is 9.18 Å². The predicted octanol–water partition coefficient (Wildman–Crippen LogP) is 2.34. The first-order chi connectivity index (χ1) is 9.49. The van der Waals surface area contributed by atoms with Crippen LogP contribution in [-0.2, 0) is 0 Å². The molecule has 0 aromatic heterocycles. The fourth-order valence-electron chi connectivity index (χ4n) is 2.33. The minimum Gasteiger partial charge on any atom is -0.396 e. The SMILES string of the molecule is CN(CCN1CCCC1)C(=O)c1cc(N)c(F)cc1Br. The van der Waals surface area contributed by atoms with Gasteiger partial charge in [0.25, 0.3) is 5.91 Å². The molecule has 110 valence electrons. The van der Waals surface area contributed by atoms with E-state index in [1.165, 1.54) is 25.0 Å². The molecule has 6 heteroatoms. The van der Waals surface area contributed by atoms with Crippen LogP contribution in [0.1, 0.15) is 23.2 Å². The monoisotopic (exact) mass is 343 g/mol. The van der Waals surface area contributed by atoms with Crippen molar-refractivity contribution in [2.45, 2.75) is 12.8 Å². The molecule has 1 aromatic rings. The summed E-state index contributed by atoms with van der Waals surface area (Å²) < 4.78 is 13.7. The summed E-state index contributed by atoms with van der Waals surface area (Å²) in [5.41, 5.74) is 5.91. The first kappa shape index (κ1) is 15.3. The van der Waals surface area contributed by atoms with Crippen molar-refractivity contribution in [3.8, 4) is 0 Å². The molecule has 0 radical (unpaired) electrons. The summed E-state index contributed by atoms with van der Waals surface area (Å²) in [6.07, 6.45) is 2.47. The zero-order chi connectivity index (χ0) is 14.7. The number of nitrogens with two attached hydrogens (primary N) is 1. The van der Waals surface area contributed by atoms with Crippen molar-refractivity contribution >= 4 is 27.5 Å². The lowest BCUT2D eigenvalue weighted by Crippen LogP contribution is -2.35. The van der Waals surface area contributed by atoms with Crippen LogP contribution in [-0.4, -0.2) is 48.9 Å². The number of likely N-dealkylation sites (N-methyl/N-ethyl adjacent to an activating group) is 1. The van der Waals surface area contributed by atoms with Crippen LogP contribution in [0.5, 0.6) is 0 Å². The Morgan fingerprint density at radius 2 is 2.10 bits per heavy atom. The molecule has 0 spiro atoms. The Balaban J connectivity index is 2.00. The van der Waals surface area contributed by atoms with Gasteiger partial charge in [0.1, 0.15) is 5.82 Å². The van der Waals surface area contributed by atoms with Crippen molar-refractivity contribution in [1.29, 1.82) is 0 Å². The highest BCUT2D eigenvalue weighted by Gasteiger charge is 2.18. The molecule has 1 aromatic carbocycles. The lowest BCUT2D eigenvalue weighted by Gasteiger charge is -2.22. The van der Waals surface area contributed by atoms with Gasteiger partial charge < -0.3 is 15.5 Å². The average molecular weight is 344 g/mol. The maximum absolute atomic E-state index is 13.3. The van der Waals surface area contributed by atoms with Crippen LogP contribution in [0.2, 0.25) is 0 Å².